The van der Waals surface area contributed by atoms with Crippen LogP contribution in [0.2, 0.25) is 0 Å². The molecule has 2 rings (SSSR count). The fourth-order valence-corrected chi connectivity index (χ4v) is 3.54. The van der Waals surface area contributed by atoms with Crippen LogP contribution in [0.15, 0.2) is 48.5 Å². The fourth-order valence-electron chi connectivity index (χ4n) is 3.54. The summed E-state index contributed by atoms with van der Waals surface area (Å²) in [7, 11) is 0. The highest BCUT2D eigenvalue weighted by molar-refractivity contribution is 5.92. The molecule has 0 aliphatic carbocycles. The zero-order valence-corrected chi connectivity index (χ0v) is 21.0. The Morgan fingerprint density at radius 1 is 0.706 bits per heavy atom. The molecular formula is C29H40O5. The summed E-state index contributed by atoms with van der Waals surface area (Å²) in [5.74, 6) is 0.650. The molecule has 186 valence electrons. The number of hydrogen-bond acceptors (Lipinski definition) is 5. The number of hydrogen-bond donors (Lipinski definition) is 0. The van der Waals surface area contributed by atoms with Gasteiger partial charge in [-0.1, -0.05) is 65.7 Å². The number of carbonyl (C=O) groups is 2. The Bertz CT molecular complexity index is 842. The van der Waals surface area contributed by atoms with E-state index in [1.54, 1.807) is 48.5 Å². The molecule has 0 aromatic heterocycles. The SMILES string of the molecule is CCCCCCOc1ccc(C(=O)Oc2ccc(C(=O)OCC(C)CCCCCC)cc2)cc1. The van der Waals surface area contributed by atoms with E-state index in [-0.39, 0.29) is 5.97 Å². The van der Waals surface area contributed by atoms with Crippen molar-refractivity contribution in [3.63, 3.8) is 0 Å². The van der Waals surface area contributed by atoms with Crippen LogP contribution in [0.1, 0.15) is 99.3 Å². The highest BCUT2D eigenvalue weighted by Crippen LogP contribution is 2.18. The number of esters is 2. The molecule has 0 radical (unpaired) electrons. The summed E-state index contributed by atoms with van der Waals surface area (Å²) in [6, 6.07) is 13.4. The predicted octanol–water partition coefficient (Wildman–Crippen LogP) is 7.63. The Morgan fingerprint density at radius 3 is 1.88 bits per heavy atom. The Balaban J connectivity index is 1.75. The predicted molar refractivity (Wildman–Crippen MR) is 136 cm³/mol. The lowest BCUT2D eigenvalue weighted by atomic mass is 10.0. The first-order chi connectivity index (χ1) is 16.5. The molecule has 5 heteroatoms. The van der Waals surface area contributed by atoms with Gasteiger partial charge in [-0.05, 0) is 67.3 Å². The van der Waals surface area contributed by atoms with E-state index in [0.29, 0.717) is 36.0 Å². The van der Waals surface area contributed by atoms with E-state index in [4.69, 9.17) is 14.2 Å². The van der Waals surface area contributed by atoms with Gasteiger partial charge in [0, 0.05) is 0 Å². The summed E-state index contributed by atoms with van der Waals surface area (Å²) in [5, 5.41) is 0. The molecule has 0 spiro atoms. The molecule has 0 saturated heterocycles. The molecule has 2 aromatic carbocycles. The van der Waals surface area contributed by atoms with Gasteiger partial charge >= 0.3 is 11.9 Å². The van der Waals surface area contributed by atoms with Crippen LogP contribution in [-0.2, 0) is 4.74 Å². The minimum absolute atomic E-state index is 0.346. The highest BCUT2D eigenvalue weighted by Gasteiger charge is 2.12. The van der Waals surface area contributed by atoms with Crippen LogP contribution in [0.25, 0.3) is 0 Å². The molecule has 0 amide bonds. The molecule has 0 N–H and O–H groups in total. The summed E-state index contributed by atoms with van der Waals surface area (Å²) >= 11 is 0. The maximum atomic E-state index is 12.4. The Kier molecular flexibility index (Phi) is 12.8. The van der Waals surface area contributed by atoms with E-state index in [1.165, 1.54) is 38.5 Å². The topological polar surface area (TPSA) is 61.8 Å². The number of ether oxygens (including phenoxy) is 3. The first kappa shape index (κ1) is 27.4. The van der Waals surface area contributed by atoms with E-state index < -0.39 is 5.97 Å². The molecule has 0 aliphatic heterocycles. The number of rotatable bonds is 16. The van der Waals surface area contributed by atoms with Gasteiger partial charge in [-0.15, -0.1) is 0 Å². The van der Waals surface area contributed by atoms with E-state index in [0.717, 1.165) is 25.0 Å². The second-order valence-corrected chi connectivity index (χ2v) is 8.90. The molecule has 2 aromatic rings. The standard InChI is InChI=1S/C29H40O5/c1-4-6-8-10-12-23(3)22-33-28(30)24-15-19-27(20-16-24)34-29(31)25-13-17-26(18-14-25)32-21-11-9-7-5-2/h13-20,23H,4-12,21-22H2,1-3H3. The fraction of sp³-hybridized carbons (Fsp3) is 0.517. The van der Waals surface area contributed by atoms with Crippen molar-refractivity contribution < 1.29 is 23.8 Å². The van der Waals surface area contributed by atoms with Crippen LogP contribution in [0.4, 0.5) is 0 Å². The molecule has 5 nitrogen and oxygen atoms in total. The van der Waals surface area contributed by atoms with Crippen LogP contribution in [0.3, 0.4) is 0 Å². The van der Waals surface area contributed by atoms with Crippen LogP contribution in [0.5, 0.6) is 11.5 Å². The quantitative estimate of drug-likeness (QED) is 0.144. The van der Waals surface area contributed by atoms with Crippen molar-refractivity contribution in [3.8, 4) is 11.5 Å². The molecule has 0 bridgehead atoms. The van der Waals surface area contributed by atoms with E-state index >= 15 is 0 Å². The van der Waals surface area contributed by atoms with Crippen molar-refractivity contribution in [2.45, 2.75) is 78.6 Å². The van der Waals surface area contributed by atoms with Crippen LogP contribution < -0.4 is 9.47 Å². The molecule has 1 atom stereocenters. The molecule has 0 heterocycles. The van der Waals surface area contributed by atoms with Crippen molar-refractivity contribution in [1.29, 1.82) is 0 Å². The highest BCUT2D eigenvalue weighted by atomic mass is 16.5. The second-order valence-electron chi connectivity index (χ2n) is 8.90. The van der Waals surface area contributed by atoms with Gasteiger partial charge in [0.1, 0.15) is 11.5 Å². The summed E-state index contributed by atoms with van der Waals surface area (Å²) in [6.07, 6.45) is 10.5. The van der Waals surface area contributed by atoms with E-state index in [1.807, 2.05) is 0 Å². The van der Waals surface area contributed by atoms with Gasteiger partial charge < -0.3 is 14.2 Å². The Hall–Kier alpha value is -2.82. The van der Waals surface area contributed by atoms with Crippen LogP contribution in [0, 0.1) is 5.92 Å². The third-order valence-electron chi connectivity index (χ3n) is 5.71. The number of carbonyl (C=O) groups excluding carboxylic acids is 2. The van der Waals surface area contributed by atoms with Crippen LogP contribution in [-0.4, -0.2) is 25.2 Å². The molecule has 1 unspecified atom stereocenters. The van der Waals surface area contributed by atoms with Crippen molar-refractivity contribution in [2.75, 3.05) is 13.2 Å². The van der Waals surface area contributed by atoms with Gasteiger partial charge in [-0.2, -0.15) is 0 Å². The average Bonchev–Trinajstić information content (AvgIpc) is 2.86. The largest absolute Gasteiger partial charge is 0.494 e. The maximum Gasteiger partial charge on any atom is 0.343 e. The molecule has 34 heavy (non-hydrogen) atoms. The van der Waals surface area contributed by atoms with Crippen molar-refractivity contribution in [3.05, 3.63) is 59.7 Å². The number of benzene rings is 2. The smallest absolute Gasteiger partial charge is 0.343 e. The Labute approximate surface area is 204 Å². The minimum Gasteiger partial charge on any atom is -0.494 e. The van der Waals surface area contributed by atoms with Gasteiger partial charge in [0.2, 0.25) is 0 Å². The molecule has 0 saturated carbocycles. The monoisotopic (exact) mass is 468 g/mol. The minimum atomic E-state index is -0.457. The normalized spacial score (nSPS) is 11.6. The first-order valence-corrected chi connectivity index (χ1v) is 12.8. The molecule has 0 aliphatic rings. The number of unbranched alkanes of at least 4 members (excludes halogenated alkanes) is 6. The van der Waals surface area contributed by atoms with Crippen molar-refractivity contribution in [2.24, 2.45) is 5.92 Å². The zero-order valence-electron chi connectivity index (χ0n) is 21.0. The summed E-state index contributed by atoms with van der Waals surface area (Å²) in [5.41, 5.74) is 0.883. The average molecular weight is 469 g/mol. The van der Waals surface area contributed by atoms with Gasteiger partial charge in [0.25, 0.3) is 0 Å². The van der Waals surface area contributed by atoms with Crippen molar-refractivity contribution in [1.82, 2.24) is 0 Å². The van der Waals surface area contributed by atoms with Crippen molar-refractivity contribution >= 4 is 11.9 Å². The first-order valence-electron chi connectivity index (χ1n) is 12.8. The third kappa shape index (κ3) is 10.4. The third-order valence-corrected chi connectivity index (χ3v) is 5.71. The summed E-state index contributed by atoms with van der Waals surface area (Å²) in [4.78, 5) is 24.7. The van der Waals surface area contributed by atoms with Gasteiger partial charge in [0.15, 0.2) is 0 Å². The zero-order chi connectivity index (χ0) is 24.6. The lowest BCUT2D eigenvalue weighted by molar-refractivity contribution is 0.0442. The second kappa shape index (κ2) is 15.9. The lowest BCUT2D eigenvalue weighted by Gasteiger charge is -2.12. The Morgan fingerprint density at radius 2 is 1.26 bits per heavy atom. The van der Waals surface area contributed by atoms with Gasteiger partial charge in [-0.3, -0.25) is 0 Å². The summed E-state index contributed by atoms with van der Waals surface area (Å²) in [6.45, 7) is 7.57. The molecular weight excluding hydrogens is 428 g/mol. The van der Waals surface area contributed by atoms with Gasteiger partial charge in [0.05, 0.1) is 24.3 Å². The summed E-state index contributed by atoms with van der Waals surface area (Å²) < 4.78 is 16.6. The van der Waals surface area contributed by atoms with E-state index in [2.05, 4.69) is 20.8 Å². The van der Waals surface area contributed by atoms with Gasteiger partial charge in [-0.25, -0.2) is 9.59 Å². The maximum absolute atomic E-state index is 12.4. The molecule has 0 fully saturated rings. The van der Waals surface area contributed by atoms with Crippen LogP contribution >= 0.6 is 0 Å². The van der Waals surface area contributed by atoms with E-state index in [9.17, 15) is 9.59 Å². The lowest BCUT2D eigenvalue weighted by Crippen LogP contribution is -2.12.